The van der Waals surface area contributed by atoms with Gasteiger partial charge in [-0.15, -0.1) is 0 Å². The van der Waals surface area contributed by atoms with Crippen molar-refractivity contribution in [2.45, 2.75) is 19.4 Å². The van der Waals surface area contributed by atoms with Gasteiger partial charge in [-0.2, -0.15) is 0 Å². The molecule has 0 spiro atoms. The average Bonchev–Trinajstić information content (AvgIpc) is 2.97. The number of aryl methyl sites for hydroxylation is 1. The van der Waals surface area contributed by atoms with Crippen LogP contribution in [0.3, 0.4) is 0 Å². The van der Waals surface area contributed by atoms with Gasteiger partial charge in [0, 0.05) is 31.9 Å². The fourth-order valence-corrected chi connectivity index (χ4v) is 2.39. The Labute approximate surface area is 129 Å². The number of para-hydroxylation sites is 2. The van der Waals surface area contributed by atoms with E-state index in [-0.39, 0.29) is 5.91 Å². The summed E-state index contributed by atoms with van der Waals surface area (Å²) >= 11 is 0. The minimum absolute atomic E-state index is 0.0619. The van der Waals surface area contributed by atoms with Gasteiger partial charge in [0.15, 0.2) is 0 Å². The molecule has 0 aliphatic heterocycles. The summed E-state index contributed by atoms with van der Waals surface area (Å²) in [5.74, 6) is 0.0619. The number of nitrogens with one attached hydrogen (secondary N) is 1. The molecule has 112 valence electrons. The number of nitrogens with zero attached hydrogens (tertiary/aromatic N) is 3. The highest BCUT2D eigenvalue weighted by atomic mass is 16.1. The maximum Gasteiger partial charge on any atom is 0.221 e. The minimum atomic E-state index is 0.0619. The van der Waals surface area contributed by atoms with Crippen LogP contribution in [0.5, 0.6) is 0 Å². The number of rotatable bonds is 6. The van der Waals surface area contributed by atoms with Crippen molar-refractivity contribution in [1.29, 1.82) is 0 Å². The van der Waals surface area contributed by atoms with Crippen LogP contribution in [0.15, 0.2) is 55.1 Å². The Morgan fingerprint density at radius 2 is 1.95 bits per heavy atom. The summed E-state index contributed by atoms with van der Waals surface area (Å²) in [5, 5.41) is 2.95. The minimum Gasteiger partial charge on any atom is -0.356 e. The van der Waals surface area contributed by atoms with Crippen molar-refractivity contribution in [2.75, 3.05) is 6.54 Å². The molecule has 0 radical (unpaired) electrons. The number of benzene rings is 1. The normalized spacial score (nSPS) is 10.7. The smallest absolute Gasteiger partial charge is 0.221 e. The third kappa shape index (κ3) is 3.49. The van der Waals surface area contributed by atoms with Gasteiger partial charge in [0.05, 0.1) is 17.4 Å². The largest absolute Gasteiger partial charge is 0.356 e. The van der Waals surface area contributed by atoms with E-state index in [9.17, 15) is 4.79 Å². The molecule has 0 aliphatic rings. The van der Waals surface area contributed by atoms with Crippen molar-refractivity contribution < 1.29 is 4.79 Å². The van der Waals surface area contributed by atoms with Crippen molar-refractivity contribution in [3.8, 4) is 0 Å². The van der Waals surface area contributed by atoms with E-state index < -0.39 is 0 Å². The molecule has 1 amide bonds. The molecule has 0 unspecified atom stereocenters. The highest BCUT2D eigenvalue weighted by molar-refractivity contribution is 5.77. The van der Waals surface area contributed by atoms with Gasteiger partial charge < -0.3 is 9.88 Å². The van der Waals surface area contributed by atoms with E-state index in [1.807, 2.05) is 41.0 Å². The quantitative estimate of drug-likeness (QED) is 0.758. The molecule has 2 aromatic heterocycles. The van der Waals surface area contributed by atoms with Crippen molar-refractivity contribution in [1.82, 2.24) is 19.9 Å². The number of aromatic nitrogens is 3. The molecular formula is C17H18N4O. The number of hydrogen-bond donors (Lipinski definition) is 1. The molecule has 0 saturated heterocycles. The maximum absolute atomic E-state index is 11.9. The first-order valence-corrected chi connectivity index (χ1v) is 7.38. The fourth-order valence-electron chi connectivity index (χ4n) is 2.39. The topological polar surface area (TPSA) is 59.8 Å². The first-order valence-electron chi connectivity index (χ1n) is 7.38. The van der Waals surface area contributed by atoms with Gasteiger partial charge in [0.1, 0.15) is 0 Å². The lowest BCUT2D eigenvalue weighted by molar-refractivity contribution is -0.121. The van der Waals surface area contributed by atoms with Crippen molar-refractivity contribution in [2.24, 2.45) is 0 Å². The second-order valence-electron chi connectivity index (χ2n) is 5.13. The van der Waals surface area contributed by atoms with Crippen LogP contribution in [0.1, 0.15) is 12.0 Å². The second-order valence-corrected chi connectivity index (χ2v) is 5.13. The van der Waals surface area contributed by atoms with Gasteiger partial charge in [-0.05, 0) is 36.2 Å². The van der Waals surface area contributed by atoms with Crippen molar-refractivity contribution in [3.63, 3.8) is 0 Å². The molecular weight excluding hydrogens is 276 g/mol. The second kappa shape index (κ2) is 6.85. The molecule has 1 aromatic carbocycles. The van der Waals surface area contributed by atoms with Crippen LogP contribution in [-0.4, -0.2) is 27.0 Å². The van der Waals surface area contributed by atoms with Crippen LogP contribution >= 0.6 is 0 Å². The molecule has 5 nitrogen and oxygen atoms in total. The van der Waals surface area contributed by atoms with Crippen LogP contribution < -0.4 is 5.32 Å². The zero-order valence-electron chi connectivity index (χ0n) is 12.3. The number of imidazole rings is 1. The summed E-state index contributed by atoms with van der Waals surface area (Å²) in [6, 6.07) is 11.9. The van der Waals surface area contributed by atoms with Crippen LogP contribution in [0, 0.1) is 0 Å². The van der Waals surface area contributed by atoms with E-state index in [1.165, 1.54) is 5.56 Å². The Kier molecular flexibility index (Phi) is 4.44. The summed E-state index contributed by atoms with van der Waals surface area (Å²) in [5.41, 5.74) is 3.20. The third-order valence-electron chi connectivity index (χ3n) is 3.59. The van der Waals surface area contributed by atoms with E-state index in [0.29, 0.717) is 19.5 Å². The lowest BCUT2D eigenvalue weighted by Crippen LogP contribution is -2.26. The zero-order valence-corrected chi connectivity index (χ0v) is 12.3. The molecule has 0 aliphatic carbocycles. The van der Waals surface area contributed by atoms with Crippen LogP contribution in [0.4, 0.5) is 0 Å². The van der Waals surface area contributed by atoms with Crippen LogP contribution in [-0.2, 0) is 17.8 Å². The molecule has 1 N–H and O–H groups in total. The predicted molar refractivity (Wildman–Crippen MR) is 85.3 cm³/mol. The van der Waals surface area contributed by atoms with E-state index in [4.69, 9.17) is 0 Å². The standard InChI is InChI=1S/C17H18N4O/c22-17(19-11-7-14-5-9-18-10-6-14)8-12-21-13-20-15-3-1-2-4-16(15)21/h1-6,9-10,13H,7-8,11-12H2,(H,19,22). The average molecular weight is 294 g/mol. The Morgan fingerprint density at radius 3 is 2.82 bits per heavy atom. The van der Waals surface area contributed by atoms with Gasteiger partial charge in [0.25, 0.3) is 0 Å². The Balaban J connectivity index is 1.46. The lowest BCUT2D eigenvalue weighted by Gasteiger charge is -2.06. The summed E-state index contributed by atoms with van der Waals surface area (Å²) in [4.78, 5) is 20.2. The SMILES string of the molecule is O=C(CCn1cnc2ccccc21)NCCc1ccncc1. The molecule has 5 heteroatoms. The van der Waals surface area contributed by atoms with Crippen LogP contribution in [0.2, 0.25) is 0 Å². The Bertz CT molecular complexity index is 751. The third-order valence-corrected chi connectivity index (χ3v) is 3.59. The van der Waals surface area contributed by atoms with Gasteiger partial charge >= 0.3 is 0 Å². The lowest BCUT2D eigenvalue weighted by atomic mass is 10.2. The number of pyridine rings is 1. The molecule has 0 saturated carbocycles. The molecule has 3 rings (SSSR count). The number of amides is 1. The van der Waals surface area contributed by atoms with E-state index in [0.717, 1.165) is 17.5 Å². The maximum atomic E-state index is 11.9. The summed E-state index contributed by atoms with van der Waals surface area (Å²) in [6.45, 7) is 1.29. The number of fused-ring (bicyclic) bond motifs is 1. The first-order chi connectivity index (χ1) is 10.8. The van der Waals surface area contributed by atoms with E-state index in [2.05, 4.69) is 15.3 Å². The predicted octanol–water partition coefficient (Wildman–Crippen LogP) is 2.18. The summed E-state index contributed by atoms with van der Waals surface area (Å²) in [6.07, 6.45) is 6.59. The Hall–Kier alpha value is -2.69. The van der Waals surface area contributed by atoms with Gasteiger partial charge in [-0.25, -0.2) is 4.98 Å². The van der Waals surface area contributed by atoms with Crippen molar-refractivity contribution in [3.05, 3.63) is 60.7 Å². The molecule has 22 heavy (non-hydrogen) atoms. The molecule has 2 heterocycles. The highest BCUT2D eigenvalue weighted by Crippen LogP contribution is 2.11. The van der Waals surface area contributed by atoms with Gasteiger partial charge in [0.2, 0.25) is 5.91 Å². The number of hydrogen-bond acceptors (Lipinski definition) is 3. The molecule has 0 fully saturated rings. The van der Waals surface area contributed by atoms with Crippen molar-refractivity contribution >= 4 is 16.9 Å². The highest BCUT2D eigenvalue weighted by Gasteiger charge is 2.05. The van der Waals surface area contributed by atoms with E-state index >= 15 is 0 Å². The summed E-state index contributed by atoms with van der Waals surface area (Å²) < 4.78 is 2.01. The number of carbonyl (C=O) groups excluding carboxylic acids is 1. The first kappa shape index (κ1) is 14.3. The fraction of sp³-hybridized carbons (Fsp3) is 0.235. The Morgan fingerprint density at radius 1 is 1.14 bits per heavy atom. The zero-order chi connectivity index (χ0) is 15.2. The molecule has 0 bridgehead atoms. The summed E-state index contributed by atoms with van der Waals surface area (Å²) in [7, 11) is 0. The number of carbonyl (C=O) groups is 1. The van der Waals surface area contributed by atoms with Crippen LogP contribution in [0.25, 0.3) is 11.0 Å². The van der Waals surface area contributed by atoms with Gasteiger partial charge in [-0.3, -0.25) is 9.78 Å². The monoisotopic (exact) mass is 294 g/mol. The molecule has 0 atom stereocenters. The van der Waals surface area contributed by atoms with E-state index in [1.54, 1.807) is 18.7 Å². The van der Waals surface area contributed by atoms with Gasteiger partial charge in [-0.1, -0.05) is 12.1 Å². The molecule has 3 aromatic rings.